The zero-order valence-electron chi connectivity index (χ0n) is 7.31. The Morgan fingerprint density at radius 2 is 2.31 bits per heavy atom. The van der Waals surface area contributed by atoms with Crippen LogP contribution < -0.4 is 9.86 Å². The van der Waals surface area contributed by atoms with E-state index in [2.05, 4.69) is 9.71 Å². The van der Waals surface area contributed by atoms with Gasteiger partial charge in [0.05, 0.1) is 6.04 Å². The maximum atomic E-state index is 10.7. The number of aromatic nitrogens is 1. The van der Waals surface area contributed by atoms with Crippen LogP contribution in [0, 0.1) is 6.92 Å². The molecule has 1 rings (SSSR count). The van der Waals surface area contributed by atoms with E-state index in [1.54, 1.807) is 13.1 Å². The summed E-state index contributed by atoms with van der Waals surface area (Å²) in [6, 6.07) is -0.367. The molecule has 13 heavy (non-hydrogen) atoms. The fourth-order valence-electron chi connectivity index (χ4n) is 0.869. The van der Waals surface area contributed by atoms with Crippen molar-refractivity contribution in [3.8, 4) is 0 Å². The molecular weight excluding hydrogens is 210 g/mol. The third-order valence-electron chi connectivity index (χ3n) is 1.35. The van der Waals surface area contributed by atoms with Gasteiger partial charge in [-0.05, 0) is 13.8 Å². The smallest absolute Gasteiger partial charge is 0.248 e. The molecule has 0 amide bonds. The summed E-state index contributed by atoms with van der Waals surface area (Å²) >= 11 is 1.44. The predicted molar refractivity (Wildman–Crippen MR) is 51.5 cm³/mol. The van der Waals surface area contributed by atoms with Gasteiger partial charge in [0.1, 0.15) is 5.01 Å². The van der Waals surface area contributed by atoms with E-state index in [9.17, 15) is 8.42 Å². The number of nitrogens with two attached hydrogens (primary N) is 1. The fraction of sp³-hybridized carbons (Fsp3) is 0.500. The number of rotatable bonds is 3. The quantitative estimate of drug-likeness (QED) is 0.770. The lowest BCUT2D eigenvalue weighted by molar-refractivity contribution is 0.568. The Kier molecular flexibility index (Phi) is 3.01. The summed E-state index contributed by atoms with van der Waals surface area (Å²) in [5, 5.41) is 5.53. The monoisotopic (exact) mass is 221 g/mol. The van der Waals surface area contributed by atoms with Gasteiger partial charge in [0, 0.05) is 11.1 Å². The Labute approximate surface area is 81.2 Å². The van der Waals surface area contributed by atoms with Crippen LogP contribution in [0.2, 0.25) is 0 Å². The molecule has 0 bridgehead atoms. The van der Waals surface area contributed by atoms with Gasteiger partial charge >= 0.3 is 0 Å². The summed E-state index contributed by atoms with van der Waals surface area (Å²) in [6.07, 6.45) is 1.70. The predicted octanol–water partition coefficient (Wildman–Crippen LogP) is 0.306. The van der Waals surface area contributed by atoms with Gasteiger partial charge in [-0.25, -0.2) is 10.1 Å². The molecule has 0 aliphatic carbocycles. The lowest BCUT2D eigenvalue weighted by Crippen LogP contribution is -2.32. The van der Waals surface area contributed by atoms with Crippen molar-refractivity contribution in [1.29, 1.82) is 0 Å². The SMILES string of the molecule is Cc1cnc(C(C)NS(N)(=O)=O)s1. The average Bonchev–Trinajstić information content (AvgIpc) is 2.31. The molecule has 3 N–H and O–H groups in total. The Hall–Kier alpha value is -0.500. The first-order chi connectivity index (χ1) is 5.88. The molecule has 0 fully saturated rings. The molecule has 0 aliphatic rings. The van der Waals surface area contributed by atoms with Gasteiger partial charge in [-0.3, -0.25) is 0 Å². The minimum atomic E-state index is -3.65. The normalized spacial score (nSPS) is 14.4. The van der Waals surface area contributed by atoms with Gasteiger partial charge in [0.25, 0.3) is 10.2 Å². The molecule has 0 aliphatic heterocycles. The van der Waals surface area contributed by atoms with E-state index in [1.807, 2.05) is 6.92 Å². The van der Waals surface area contributed by atoms with Crippen molar-refractivity contribution in [2.24, 2.45) is 5.14 Å². The Morgan fingerprint density at radius 1 is 1.69 bits per heavy atom. The second-order valence-corrected chi connectivity index (χ2v) is 5.29. The highest BCUT2D eigenvalue weighted by molar-refractivity contribution is 7.87. The van der Waals surface area contributed by atoms with Gasteiger partial charge in [-0.1, -0.05) is 0 Å². The molecule has 1 atom stereocenters. The van der Waals surface area contributed by atoms with Crippen LogP contribution in [0.1, 0.15) is 22.9 Å². The molecule has 0 saturated heterocycles. The Bertz CT molecular complexity index is 384. The molecule has 0 spiro atoms. The number of hydrogen-bond acceptors (Lipinski definition) is 4. The van der Waals surface area contributed by atoms with Gasteiger partial charge in [-0.2, -0.15) is 13.1 Å². The van der Waals surface area contributed by atoms with E-state index < -0.39 is 10.2 Å². The lowest BCUT2D eigenvalue weighted by atomic mass is 10.4. The number of nitrogens with one attached hydrogen (secondary N) is 1. The van der Waals surface area contributed by atoms with E-state index in [-0.39, 0.29) is 6.04 Å². The van der Waals surface area contributed by atoms with Gasteiger partial charge in [-0.15, -0.1) is 11.3 Å². The number of aryl methyl sites for hydroxylation is 1. The summed E-state index contributed by atoms with van der Waals surface area (Å²) < 4.78 is 23.6. The molecule has 0 radical (unpaired) electrons. The second-order valence-electron chi connectivity index (χ2n) is 2.69. The number of hydrogen-bond donors (Lipinski definition) is 2. The summed E-state index contributed by atoms with van der Waals surface area (Å²) in [5.41, 5.74) is 0. The van der Waals surface area contributed by atoms with Crippen LogP contribution in [-0.4, -0.2) is 13.4 Å². The molecule has 5 nitrogen and oxygen atoms in total. The standard InChI is InChI=1S/C6H11N3O2S2/c1-4-3-8-6(12-4)5(2)9-13(7,10)11/h3,5,9H,1-2H3,(H2,7,10,11). The van der Waals surface area contributed by atoms with Crippen molar-refractivity contribution in [3.63, 3.8) is 0 Å². The zero-order chi connectivity index (χ0) is 10.1. The Balaban J connectivity index is 2.75. The van der Waals surface area contributed by atoms with E-state index >= 15 is 0 Å². The molecule has 1 aromatic rings. The topological polar surface area (TPSA) is 85.1 Å². The van der Waals surface area contributed by atoms with Gasteiger partial charge < -0.3 is 0 Å². The molecule has 1 heterocycles. The van der Waals surface area contributed by atoms with Crippen LogP contribution in [0.15, 0.2) is 6.20 Å². The van der Waals surface area contributed by atoms with Crippen molar-refractivity contribution in [3.05, 3.63) is 16.1 Å². The van der Waals surface area contributed by atoms with Crippen LogP contribution in [0.3, 0.4) is 0 Å². The minimum Gasteiger partial charge on any atom is -0.248 e. The van der Waals surface area contributed by atoms with Crippen LogP contribution in [0.4, 0.5) is 0 Å². The van der Waals surface area contributed by atoms with Crippen LogP contribution in [0.5, 0.6) is 0 Å². The molecule has 7 heteroatoms. The zero-order valence-corrected chi connectivity index (χ0v) is 8.95. The number of nitrogens with zero attached hydrogens (tertiary/aromatic N) is 1. The van der Waals surface area contributed by atoms with Crippen molar-refractivity contribution < 1.29 is 8.42 Å². The first kappa shape index (κ1) is 10.6. The number of thiazole rings is 1. The molecule has 74 valence electrons. The van der Waals surface area contributed by atoms with Crippen molar-refractivity contribution in [1.82, 2.24) is 9.71 Å². The largest absolute Gasteiger partial charge is 0.275 e. The maximum Gasteiger partial charge on any atom is 0.275 e. The fourth-order valence-corrected chi connectivity index (χ4v) is 2.32. The van der Waals surface area contributed by atoms with Crippen LogP contribution in [0.25, 0.3) is 0 Å². The van der Waals surface area contributed by atoms with Crippen molar-refractivity contribution in [2.75, 3.05) is 0 Å². The summed E-state index contributed by atoms with van der Waals surface area (Å²) in [7, 11) is -3.65. The first-order valence-corrected chi connectivity index (χ1v) is 5.97. The minimum absolute atomic E-state index is 0.367. The summed E-state index contributed by atoms with van der Waals surface area (Å²) in [4.78, 5) is 5.08. The van der Waals surface area contributed by atoms with E-state index in [1.165, 1.54) is 11.3 Å². The molecule has 0 saturated carbocycles. The highest BCUT2D eigenvalue weighted by atomic mass is 32.2. The second kappa shape index (κ2) is 3.70. The Morgan fingerprint density at radius 3 is 2.69 bits per heavy atom. The van der Waals surface area contributed by atoms with E-state index in [0.29, 0.717) is 5.01 Å². The third kappa shape index (κ3) is 3.39. The van der Waals surface area contributed by atoms with Gasteiger partial charge in [0.2, 0.25) is 0 Å². The van der Waals surface area contributed by atoms with Crippen LogP contribution in [-0.2, 0) is 10.2 Å². The van der Waals surface area contributed by atoms with Crippen LogP contribution >= 0.6 is 11.3 Å². The van der Waals surface area contributed by atoms with E-state index in [0.717, 1.165) is 4.88 Å². The van der Waals surface area contributed by atoms with Crippen molar-refractivity contribution in [2.45, 2.75) is 19.9 Å². The van der Waals surface area contributed by atoms with Gasteiger partial charge in [0.15, 0.2) is 0 Å². The molecule has 1 unspecified atom stereocenters. The third-order valence-corrected chi connectivity index (χ3v) is 3.13. The molecular formula is C6H11N3O2S2. The first-order valence-electron chi connectivity index (χ1n) is 3.61. The highest BCUT2D eigenvalue weighted by Crippen LogP contribution is 2.18. The van der Waals surface area contributed by atoms with E-state index in [4.69, 9.17) is 5.14 Å². The van der Waals surface area contributed by atoms with Crippen molar-refractivity contribution >= 4 is 21.5 Å². The summed E-state index contributed by atoms with van der Waals surface area (Å²) in [6.45, 7) is 3.60. The lowest BCUT2D eigenvalue weighted by Gasteiger charge is -2.07. The maximum absolute atomic E-state index is 10.7. The molecule has 0 aromatic carbocycles. The molecule has 1 aromatic heterocycles. The summed E-state index contributed by atoms with van der Waals surface area (Å²) in [5.74, 6) is 0. The average molecular weight is 221 g/mol. The highest BCUT2D eigenvalue weighted by Gasteiger charge is 2.13.